The van der Waals surface area contributed by atoms with E-state index in [1.807, 2.05) is 0 Å². The van der Waals surface area contributed by atoms with Crippen molar-refractivity contribution in [2.75, 3.05) is 18.8 Å². The summed E-state index contributed by atoms with van der Waals surface area (Å²) in [6.07, 6.45) is -2.38. The van der Waals surface area contributed by atoms with Gasteiger partial charge in [0.05, 0.1) is 5.75 Å². The lowest BCUT2D eigenvalue weighted by atomic mass is 10.2. The van der Waals surface area contributed by atoms with Crippen LogP contribution in [0.15, 0.2) is 0 Å². The molecule has 3 N–H and O–H groups in total. The summed E-state index contributed by atoms with van der Waals surface area (Å²) < 4.78 is 60.4. The Labute approximate surface area is 106 Å². The maximum Gasteiger partial charge on any atom is 0.389 e. The first-order valence-corrected chi connectivity index (χ1v) is 7.66. The largest absolute Gasteiger partial charge is 0.389 e. The average molecular weight is 290 g/mol. The average Bonchev–Trinajstić information content (AvgIpc) is 2.21. The van der Waals surface area contributed by atoms with Gasteiger partial charge in [-0.05, 0) is 25.8 Å². The molecule has 8 heteroatoms. The molecule has 0 aliphatic heterocycles. The molecule has 0 unspecified atom stereocenters. The van der Waals surface area contributed by atoms with Crippen LogP contribution in [0.1, 0.15) is 38.5 Å². The highest BCUT2D eigenvalue weighted by atomic mass is 32.2. The van der Waals surface area contributed by atoms with E-state index in [0.717, 1.165) is 19.3 Å². The second-order valence-electron chi connectivity index (χ2n) is 4.13. The summed E-state index contributed by atoms with van der Waals surface area (Å²) in [6.45, 7) is 0.891. The number of nitrogens with one attached hydrogen (secondary N) is 1. The molecular formula is C10H21F3N2O2S. The van der Waals surface area contributed by atoms with Crippen molar-refractivity contribution in [3.8, 4) is 0 Å². The molecule has 0 aliphatic carbocycles. The van der Waals surface area contributed by atoms with Gasteiger partial charge in [0.2, 0.25) is 10.0 Å². The van der Waals surface area contributed by atoms with Crippen molar-refractivity contribution in [2.45, 2.75) is 44.7 Å². The third-order valence-corrected chi connectivity index (χ3v) is 3.80. The van der Waals surface area contributed by atoms with Crippen molar-refractivity contribution in [2.24, 2.45) is 5.73 Å². The lowest BCUT2D eigenvalue weighted by Crippen LogP contribution is -2.28. The van der Waals surface area contributed by atoms with Crippen LogP contribution in [-0.2, 0) is 10.0 Å². The molecule has 0 saturated heterocycles. The first kappa shape index (κ1) is 17.7. The van der Waals surface area contributed by atoms with Crippen LogP contribution in [0.25, 0.3) is 0 Å². The standard InChI is InChI=1S/C10H21F3N2O2S/c11-10(12,13)6-5-9-18(16,17)15-8-4-2-1-3-7-14/h15H,1-9,14H2. The summed E-state index contributed by atoms with van der Waals surface area (Å²) in [5.74, 6) is -0.477. The number of rotatable bonds is 10. The van der Waals surface area contributed by atoms with Crippen LogP contribution < -0.4 is 10.5 Å². The molecule has 0 atom stereocenters. The maximum atomic E-state index is 11.8. The van der Waals surface area contributed by atoms with Gasteiger partial charge in [-0.2, -0.15) is 13.2 Å². The van der Waals surface area contributed by atoms with Crippen molar-refractivity contribution in [3.63, 3.8) is 0 Å². The summed E-state index contributed by atoms with van der Waals surface area (Å²) >= 11 is 0. The van der Waals surface area contributed by atoms with Crippen LogP contribution in [0.3, 0.4) is 0 Å². The van der Waals surface area contributed by atoms with E-state index < -0.39 is 34.8 Å². The Bertz CT molecular complexity index is 305. The first-order valence-electron chi connectivity index (χ1n) is 6.01. The fourth-order valence-electron chi connectivity index (χ4n) is 1.39. The summed E-state index contributed by atoms with van der Waals surface area (Å²) in [5.41, 5.74) is 5.30. The predicted octanol–water partition coefficient (Wildman–Crippen LogP) is 1.77. The Morgan fingerprint density at radius 2 is 1.61 bits per heavy atom. The molecule has 0 aromatic rings. The van der Waals surface area contributed by atoms with Gasteiger partial charge in [-0.3, -0.25) is 0 Å². The molecule has 0 bridgehead atoms. The van der Waals surface area contributed by atoms with Crippen molar-refractivity contribution in [3.05, 3.63) is 0 Å². The Morgan fingerprint density at radius 3 is 2.17 bits per heavy atom. The Kier molecular flexibility index (Phi) is 8.54. The molecule has 110 valence electrons. The van der Waals surface area contributed by atoms with Gasteiger partial charge in [0.25, 0.3) is 0 Å². The first-order chi connectivity index (χ1) is 8.27. The summed E-state index contributed by atoms with van der Waals surface area (Å²) in [7, 11) is -3.57. The lowest BCUT2D eigenvalue weighted by molar-refractivity contribution is -0.134. The fraction of sp³-hybridized carbons (Fsp3) is 1.00. The topological polar surface area (TPSA) is 72.2 Å². The molecule has 0 saturated carbocycles. The minimum Gasteiger partial charge on any atom is -0.330 e. The van der Waals surface area contributed by atoms with Crippen molar-refractivity contribution in [1.82, 2.24) is 4.72 Å². The molecule has 4 nitrogen and oxygen atoms in total. The predicted molar refractivity (Wildman–Crippen MR) is 64.6 cm³/mol. The number of nitrogens with two attached hydrogens (primary N) is 1. The van der Waals surface area contributed by atoms with Gasteiger partial charge in [0.1, 0.15) is 0 Å². The molecule has 18 heavy (non-hydrogen) atoms. The number of unbranched alkanes of at least 4 members (excludes halogenated alkanes) is 3. The minimum absolute atomic E-state index is 0.277. The quantitative estimate of drug-likeness (QED) is 0.602. The van der Waals surface area contributed by atoms with E-state index in [0.29, 0.717) is 13.0 Å². The highest BCUT2D eigenvalue weighted by Gasteiger charge is 2.27. The smallest absolute Gasteiger partial charge is 0.330 e. The molecular weight excluding hydrogens is 269 g/mol. The third-order valence-electron chi connectivity index (χ3n) is 2.33. The Balaban J connectivity index is 3.62. The number of halogens is 3. The van der Waals surface area contributed by atoms with Crippen LogP contribution >= 0.6 is 0 Å². The molecule has 0 rings (SSSR count). The molecule has 0 heterocycles. The van der Waals surface area contributed by atoms with Crippen molar-refractivity contribution in [1.29, 1.82) is 0 Å². The molecule has 0 aromatic carbocycles. The fourth-order valence-corrected chi connectivity index (χ4v) is 2.51. The molecule has 0 fully saturated rings. The molecule has 0 amide bonds. The van der Waals surface area contributed by atoms with E-state index in [4.69, 9.17) is 5.73 Å². The van der Waals surface area contributed by atoms with E-state index in [2.05, 4.69) is 4.72 Å². The summed E-state index contributed by atoms with van der Waals surface area (Å²) in [4.78, 5) is 0. The van der Waals surface area contributed by atoms with Gasteiger partial charge in [-0.1, -0.05) is 12.8 Å². The van der Waals surface area contributed by atoms with E-state index in [-0.39, 0.29) is 6.54 Å². The number of sulfonamides is 1. The van der Waals surface area contributed by atoms with E-state index in [1.54, 1.807) is 0 Å². The minimum atomic E-state index is -4.29. The monoisotopic (exact) mass is 290 g/mol. The van der Waals surface area contributed by atoms with Gasteiger partial charge >= 0.3 is 6.18 Å². The van der Waals surface area contributed by atoms with E-state index in [1.165, 1.54) is 0 Å². The highest BCUT2D eigenvalue weighted by molar-refractivity contribution is 7.89. The number of hydrogen-bond acceptors (Lipinski definition) is 3. The third kappa shape index (κ3) is 12.1. The van der Waals surface area contributed by atoms with Gasteiger partial charge in [0.15, 0.2) is 0 Å². The Hall–Kier alpha value is -0.340. The van der Waals surface area contributed by atoms with Gasteiger partial charge < -0.3 is 5.73 Å². The zero-order valence-corrected chi connectivity index (χ0v) is 11.1. The molecule has 0 spiro atoms. The summed E-state index contributed by atoms with van der Waals surface area (Å²) in [6, 6.07) is 0. The molecule has 0 aliphatic rings. The zero-order valence-electron chi connectivity index (χ0n) is 10.3. The van der Waals surface area contributed by atoms with E-state index in [9.17, 15) is 21.6 Å². The number of alkyl halides is 3. The zero-order chi connectivity index (χ0) is 14.1. The molecule has 0 aromatic heterocycles. The van der Waals surface area contributed by atoms with Crippen LogP contribution in [0.2, 0.25) is 0 Å². The van der Waals surface area contributed by atoms with Crippen molar-refractivity contribution >= 4 is 10.0 Å². The second-order valence-corrected chi connectivity index (χ2v) is 6.06. The van der Waals surface area contributed by atoms with Gasteiger partial charge in [0, 0.05) is 13.0 Å². The van der Waals surface area contributed by atoms with Gasteiger partial charge in [-0.25, -0.2) is 13.1 Å². The maximum absolute atomic E-state index is 11.8. The SMILES string of the molecule is NCCCCCCNS(=O)(=O)CCCC(F)(F)F. The van der Waals surface area contributed by atoms with E-state index >= 15 is 0 Å². The normalized spacial score (nSPS) is 12.9. The number of hydrogen-bond donors (Lipinski definition) is 2. The second kappa shape index (κ2) is 8.71. The van der Waals surface area contributed by atoms with Crippen LogP contribution in [0.5, 0.6) is 0 Å². The molecule has 0 radical (unpaired) electrons. The van der Waals surface area contributed by atoms with Crippen LogP contribution in [-0.4, -0.2) is 33.4 Å². The summed E-state index contributed by atoms with van der Waals surface area (Å²) in [5, 5.41) is 0. The van der Waals surface area contributed by atoms with Gasteiger partial charge in [-0.15, -0.1) is 0 Å². The van der Waals surface area contributed by atoms with Crippen LogP contribution in [0.4, 0.5) is 13.2 Å². The lowest BCUT2D eigenvalue weighted by Gasteiger charge is -2.08. The van der Waals surface area contributed by atoms with Crippen molar-refractivity contribution < 1.29 is 21.6 Å². The van der Waals surface area contributed by atoms with Crippen LogP contribution in [0, 0.1) is 0 Å². The highest BCUT2D eigenvalue weighted by Crippen LogP contribution is 2.21. The Morgan fingerprint density at radius 1 is 1.00 bits per heavy atom.